The highest BCUT2D eigenvalue weighted by molar-refractivity contribution is 7.86. The van der Waals surface area contributed by atoms with Crippen molar-refractivity contribution >= 4 is 27.6 Å². The summed E-state index contributed by atoms with van der Waals surface area (Å²) < 4.78 is 34.1. The lowest BCUT2D eigenvalue weighted by molar-refractivity contribution is 0.0953. The highest BCUT2D eigenvalue weighted by Gasteiger charge is 2.30. The number of ketones is 1. The predicted molar refractivity (Wildman–Crippen MR) is 133 cm³/mol. The van der Waals surface area contributed by atoms with Crippen LogP contribution in [-0.4, -0.2) is 57.3 Å². The van der Waals surface area contributed by atoms with Crippen molar-refractivity contribution in [2.24, 2.45) is 0 Å². The van der Waals surface area contributed by atoms with Crippen LogP contribution in [0, 0.1) is 5.41 Å². The van der Waals surface area contributed by atoms with Crippen molar-refractivity contribution in [1.82, 2.24) is 10.2 Å². The maximum absolute atomic E-state index is 13.2. The maximum Gasteiger partial charge on any atom is 0.306 e. The number of hydrogen-bond acceptors (Lipinski definition) is 7. The van der Waals surface area contributed by atoms with Crippen LogP contribution >= 0.6 is 0 Å². The van der Waals surface area contributed by atoms with Crippen molar-refractivity contribution in [3.8, 4) is 11.5 Å². The standard InChI is InChI=1S/C25H31N3O6S/c1-7-33-22-11-16-13-28(23(26)17(16)12-18(22)24(30)27-5)14-20(29)15-8-9-21(34-35(6,31)32)19(10-15)25(2,3)4/h8-12,26H,7,13-14H2,1-6H3,(H,27,30). The lowest BCUT2D eigenvalue weighted by Gasteiger charge is -2.23. The summed E-state index contributed by atoms with van der Waals surface area (Å²) in [4.78, 5) is 27.1. The molecule has 0 aliphatic carbocycles. The second-order valence-corrected chi connectivity index (χ2v) is 11.0. The highest BCUT2D eigenvalue weighted by Crippen LogP contribution is 2.34. The molecular formula is C25H31N3O6S. The number of Topliss-reactive ketones (excluding diaryl/α,β-unsaturated/α-hetero) is 1. The summed E-state index contributed by atoms with van der Waals surface area (Å²) in [7, 11) is -2.20. The van der Waals surface area contributed by atoms with E-state index in [1.807, 2.05) is 27.7 Å². The molecule has 1 heterocycles. The van der Waals surface area contributed by atoms with Gasteiger partial charge in [0.1, 0.15) is 17.3 Å². The first kappa shape index (κ1) is 26.2. The molecule has 188 valence electrons. The van der Waals surface area contributed by atoms with Crippen LogP contribution in [0.4, 0.5) is 0 Å². The maximum atomic E-state index is 13.2. The number of amidine groups is 1. The molecule has 35 heavy (non-hydrogen) atoms. The molecule has 1 aliphatic heterocycles. The fraction of sp³-hybridized carbons (Fsp3) is 0.400. The van der Waals surface area contributed by atoms with Gasteiger partial charge in [0.25, 0.3) is 5.91 Å². The summed E-state index contributed by atoms with van der Waals surface area (Å²) in [6.07, 6.45) is 0.974. The molecule has 10 heteroatoms. The minimum Gasteiger partial charge on any atom is -0.493 e. The zero-order valence-electron chi connectivity index (χ0n) is 20.8. The molecule has 0 fully saturated rings. The van der Waals surface area contributed by atoms with Crippen molar-refractivity contribution in [3.63, 3.8) is 0 Å². The van der Waals surface area contributed by atoms with Gasteiger partial charge < -0.3 is 19.1 Å². The number of fused-ring (bicyclic) bond motifs is 1. The van der Waals surface area contributed by atoms with Crippen LogP contribution < -0.4 is 14.2 Å². The molecule has 0 saturated carbocycles. The van der Waals surface area contributed by atoms with Gasteiger partial charge in [0.05, 0.1) is 25.0 Å². The fourth-order valence-electron chi connectivity index (χ4n) is 3.94. The number of benzene rings is 2. The number of nitrogens with one attached hydrogen (secondary N) is 2. The predicted octanol–water partition coefficient (Wildman–Crippen LogP) is 3.10. The molecule has 0 atom stereocenters. The summed E-state index contributed by atoms with van der Waals surface area (Å²) in [5.41, 5.74) is 2.21. The van der Waals surface area contributed by atoms with E-state index in [1.54, 1.807) is 23.1 Å². The topological polar surface area (TPSA) is 126 Å². The minimum absolute atomic E-state index is 0.0529. The van der Waals surface area contributed by atoms with Gasteiger partial charge in [0, 0.05) is 30.3 Å². The van der Waals surface area contributed by atoms with E-state index in [0.717, 1.165) is 11.8 Å². The Hall–Kier alpha value is -3.40. The van der Waals surface area contributed by atoms with Crippen molar-refractivity contribution in [3.05, 3.63) is 58.1 Å². The monoisotopic (exact) mass is 501 g/mol. The largest absolute Gasteiger partial charge is 0.493 e. The third-order valence-corrected chi connectivity index (χ3v) is 6.08. The van der Waals surface area contributed by atoms with E-state index in [9.17, 15) is 18.0 Å². The number of carbonyl (C=O) groups excluding carboxylic acids is 2. The Bertz CT molecular complexity index is 1300. The van der Waals surface area contributed by atoms with Crippen LogP contribution in [0.5, 0.6) is 11.5 Å². The molecule has 3 rings (SSSR count). The Morgan fingerprint density at radius 3 is 2.40 bits per heavy atom. The molecule has 0 radical (unpaired) electrons. The first-order chi connectivity index (χ1) is 16.2. The van der Waals surface area contributed by atoms with Gasteiger partial charge in [-0.05, 0) is 48.2 Å². The Morgan fingerprint density at radius 1 is 1.14 bits per heavy atom. The third kappa shape index (κ3) is 5.82. The zero-order chi connectivity index (χ0) is 26.1. The molecule has 1 aliphatic rings. The Labute approximate surface area is 206 Å². The number of ether oxygens (including phenoxy) is 1. The summed E-state index contributed by atoms with van der Waals surface area (Å²) in [6.45, 7) is 8.19. The van der Waals surface area contributed by atoms with Crippen molar-refractivity contribution in [2.45, 2.75) is 39.7 Å². The SMILES string of the molecule is CCOc1cc2c(cc1C(=O)NC)C(=N)N(CC(=O)c1ccc(OS(C)(=O)=O)c(C(C)(C)C)c1)C2. The summed E-state index contributed by atoms with van der Waals surface area (Å²) in [6, 6.07) is 8.04. The van der Waals surface area contributed by atoms with Crippen LogP contribution in [0.2, 0.25) is 0 Å². The second kappa shape index (κ2) is 9.69. The molecule has 2 aromatic carbocycles. The van der Waals surface area contributed by atoms with Gasteiger partial charge in [-0.25, -0.2) is 0 Å². The summed E-state index contributed by atoms with van der Waals surface area (Å²) in [5.74, 6) is 0.223. The number of rotatable bonds is 8. The van der Waals surface area contributed by atoms with Crippen molar-refractivity contribution < 1.29 is 26.9 Å². The average Bonchev–Trinajstić information content (AvgIpc) is 3.05. The molecule has 1 amide bonds. The fourth-order valence-corrected chi connectivity index (χ4v) is 4.41. The summed E-state index contributed by atoms with van der Waals surface area (Å²) in [5, 5.41) is 11.2. The summed E-state index contributed by atoms with van der Waals surface area (Å²) >= 11 is 0. The van der Waals surface area contributed by atoms with Crippen LogP contribution in [-0.2, 0) is 22.1 Å². The molecule has 0 bridgehead atoms. The van der Waals surface area contributed by atoms with Crippen LogP contribution in [0.15, 0.2) is 30.3 Å². The zero-order valence-corrected chi connectivity index (χ0v) is 21.6. The van der Waals surface area contributed by atoms with Crippen LogP contribution in [0.3, 0.4) is 0 Å². The van der Waals surface area contributed by atoms with E-state index in [1.165, 1.54) is 19.2 Å². The first-order valence-electron chi connectivity index (χ1n) is 11.2. The van der Waals surface area contributed by atoms with Gasteiger partial charge in [-0.1, -0.05) is 20.8 Å². The van der Waals surface area contributed by atoms with Gasteiger partial charge in [0.2, 0.25) is 0 Å². The first-order valence-corrected chi connectivity index (χ1v) is 13.0. The molecular weight excluding hydrogens is 470 g/mol. The molecule has 0 unspecified atom stereocenters. The van der Waals surface area contributed by atoms with Gasteiger partial charge in [0.15, 0.2) is 5.78 Å². The number of hydrogen-bond donors (Lipinski definition) is 2. The molecule has 0 aromatic heterocycles. The molecule has 2 N–H and O–H groups in total. The smallest absolute Gasteiger partial charge is 0.306 e. The van der Waals surface area contributed by atoms with E-state index in [4.69, 9.17) is 14.3 Å². The average molecular weight is 502 g/mol. The van der Waals surface area contributed by atoms with Crippen LogP contribution in [0.25, 0.3) is 0 Å². The number of carbonyl (C=O) groups is 2. The number of amides is 1. The van der Waals surface area contributed by atoms with E-state index >= 15 is 0 Å². The van der Waals surface area contributed by atoms with E-state index in [2.05, 4.69) is 5.32 Å². The lowest BCUT2D eigenvalue weighted by atomic mass is 9.85. The molecule has 0 spiro atoms. The Kier molecular flexibility index (Phi) is 7.26. The third-order valence-electron chi connectivity index (χ3n) is 5.59. The van der Waals surface area contributed by atoms with Crippen molar-refractivity contribution in [1.29, 1.82) is 5.41 Å². The Morgan fingerprint density at radius 2 is 1.83 bits per heavy atom. The molecule has 2 aromatic rings. The normalized spacial score (nSPS) is 13.4. The van der Waals surface area contributed by atoms with E-state index in [-0.39, 0.29) is 29.8 Å². The lowest BCUT2D eigenvalue weighted by Crippen LogP contribution is -2.30. The molecule has 0 saturated heterocycles. The Balaban J connectivity index is 1.88. The van der Waals surface area contributed by atoms with E-state index in [0.29, 0.717) is 41.2 Å². The quantitative estimate of drug-likeness (QED) is 0.420. The van der Waals surface area contributed by atoms with Gasteiger partial charge >= 0.3 is 10.1 Å². The molecule has 9 nitrogen and oxygen atoms in total. The van der Waals surface area contributed by atoms with E-state index < -0.39 is 15.5 Å². The van der Waals surface area contributed by atoms with Gasteiger partial charge in [-0.2, -0.15) is 8.42 Å². The highest BCUT2D eigenvalue weighted by atomic mass is 32.2. The van der Waals surface area contributed by atoms with Gasteiger partial charge in [-0.3, -0.25) is 15.0 Å². The number of nitrogens with zero attached hydrogens (tertiary/aromatic N) is 1. The van der Waals surface area contributed by atoms with Crippen molar-refractivity contribution in [2.75, 3.05) is 26.5 Å². The minimum atomic E-state index is -3.73. The van der Waals surface area contributed by atoms with Crippen LogP contribution in [0.1, 0.15) is 65.1 Å². The second-order valence-electron chi connectivity index (χ2n) is 9.39. The van der Waals surface area contributed by atoms with Gasteiger partial charge in [-0.15, -0.1) is 0 Å².